The number of rotatable bonds is 4. The lowest BCUT2D eigenvalue weighted by Gasteiger charge is -2.00. The first-order valence-electron chi connectivity index (χ1n) is 6.27. The molecule has 0 radical (unpaired) electrons. The minimum atomic E-state index is -0.502. The van der Waals surface area contributed by atoms with E-state index < -0.39 is 4.92 Å². The summed E-state index contributed by atoms with van der Waals surface area (Å²) in [6.45, 7) is 2.39. The van der Waals surface area contributed by atoms with Crippen LogP contribution in [0.25, 0.3) is 11.6 Å². The number of nitro benzene ring substituents is 1. The molecule has 1 aromatic carbocycles. The highest BCUT2D eigenvalue weighted by Gasteiger charge is 2.11. The van der Waals surface area contributed by atoms with Crippen LogP contribution in [-0.2, 0) is 6.54 Å². The van der Waals surface area contributed by atoms with Crippen LogP contribution in [0, 0.1) is 25.4 Å². The molecule has 0 aliphatic rings. The molecule has 0 bridgehead atoms. The molecule has 0 atom stereocenters. The first-order valence-corrected chi connectivity index (χ1v) is 7.49. The maximum absolute atomic E-state index is 10.6. The van der Waals surface area contributed by atoms with Gasteiger partial charge in [-0.15, -0.1) is 11.3 Å². The first-order chi connectivity index (χ1) is 10.5. The smallest absolute Gasteiger partial charge is 0.269 e. The predicted octanol–water partition coefficient (Wildman–Crippen LogP) is 3.98. The van der Waals surface area contributed by atoms with Gasteiger partial charge in [-0.2, -0.15) is 5.26 Å². The topological polar surface area (TPSA) is 92.1 Å². The zero-order chi connectivity index (χ0) is 16.3. The zero-order valence-corrected chi connectivity index (χ0v) is 13.1. The molecule has 8 heteroatoms. The van der Waals surface area contributed by atoms with Gasteiger partial charge in [0.15, 0.2) is 3.95 Å². The quantitative estimate of drug-likeness (QED) is 0.395. The van der Waals surface area contributed by atoms with Crippen LogP contribution in [0.15, 0.2) is 24.3 Å². The van der Waals surface area contributed by atoms with Crippen molar-refractivity contribution in [2.75, 3.05) is 0 Å². The Morgan fingerprint density at radius 3 is 2.64 bits per heavy atom. The fourth-order valence-corrected chi connectivity index (χ4v) is 3.24. The fraction of sp³-hybridized carbons (Fsp3) is 0.143. The average Bonchev–Trinajstić information content (AvgIpc) is 2.78. The van der Waals surface area contributed by atoms with Gasteiger partial charge in [-0.25, -0.2) is 0 Å². The Balaban J connectivity index is 2.46. The van der Waals surface area contributed by atoms with E-state index in [1.165, 1.54) is 41.7 Å². The third kappa shape index (κ3) is 3.05. The summed E-state index contributed by atoms with van der Waals surface area (Å²) in [5, 5.41) is 30.0. The second-order valence-corrected chi connectivity index (χ2v) is 5.95. The highest BCUT2D eigenvalue weighted by Crippen LogP contribution is 2.30. The Labute approximate surface area is 135 Å². The van der Waals surface area contributed by atoms with E-state index in [-0.39, 0.29) is 11.6 Å². The highest BCUT2D eigenvalue weighted by molar-refractivity contribution is 7.73. The van der Waals surface area contributed by atoms with Crippen LogP contribution in [0.4, 0.5) is 5.69 Å². The van der Waals surface area contributed by atoms with Crippen molar-refractivity contribution in [3.8, 4) is 11.9 Å². The molecule has 2 rings (SSSR count). The van der Waals surface area contributed by atoms with Gasteiger partial charge in [-0.3, -0.25) is 14.7 Å². The number of non-ortho nitro benzene ring substituents is 1. The molecule has 0 aliphatic carbocycles. The summed E-state index contributed by atoms with van der Waals surface area (Å²) in [4.78, 5) is 10.6. The molecule has 0 saturated carbocycles. The van der Waals surface area contributed by atoms with E-state index in [2.05, 4.69) is 0 Å². The number of nitriles is 1. The van der Waals surface area contributed by atoms with Gasteiger partial charge >= 0.3 is 0 Å². The Bertz CT molecular complexity index is 842. The van der Waals surface area contributed by atoms with Crippen LogP contribution < -0.4 is 0 Å². The Kier molecular flexibility index (Phi) is 4.70. The fourth-order valence-electron chi connectivity index (χ4n) is 1.86. The number of hydrogen-bond acceptors (Lipinski definition) is 6. The van der Waals surface area contributed by atoms with Gasteiger partial charge < -0.3 is 5.11 Å². The van der Waals surface area contributed by atoms with Crippen molar-refractivity contribution in [1.82, 2.24) is 4.57 Å². The van der Waals surface area contributed by atoms with Crippen LogP contribution >= 0.6 is 23.6 Å². The SMILES string of the molecule is CCn1c(O)c(C=C(C#N)c2ccc([N+](=O)[O-])cc2)sc1=S. The summed E-state index contributed by atoms with van der Waals surface area (Å²) in [5.41, 5.74) is 0.788. The molecule has 1 heterocycles. The normalized spacial score (nSPS) is 11.2. The van der Waals surface area contributed by atoms with E-state index in [9.17, 15) is 20.5 Å². The zero-order valence-electron chi connectivity index (χ0n) is 11.5. The molecular weight excluding hydrogens is 322 g/mol. The van der Waals surface area contributed by atoms with Gasteiger partial charge in [0.05, 0.1) is 21.4 Å². The van der Waals surface area contributed by atoms with Crippen molar-refractivity contribution in [2.24, 2.45) is 0 Å². The van der Waals surface area contributed by atoms with Gasteiger partial charge in [-0.05, 0) is 42.9 Å². The van der Waals surface area contributed by atoms with Gasteiger partial charge in [-0.1, -0.05) is 0 Å². The molecule has 0 aliphatic heterocycles. The lowest BCUT2D eigenvalue weighted by atomic mass is 10.1. The third-order valence-corrected chi connectivity index (χ3v) is 4.38. The lowest BCUT2D eigenvalue weighted by molar-refractivity contribution is -0.384. The standard InChI is InChI=1S/C14H11N3O3S2/c1-2-16-13(18)12(22-14(16)21)7-10(8-15)9-3-5-11(6-4-9)17(19)20/h3-7,18H,2H2,1H3. The molecule has 0 unspecified atom stereocenters. The Morgan fingerprint density at radius 2 is 2.18 bits per heavy atom. The molecule has 112 valence electrons. The molecule has 0 saturated heterocycles. The van der Waals surface area contributed by atoms with Crippen LogP contribution in [0.2, 0.25) is 0 Å². The summed E-state index contributed by atoms with van der Waals surface area (Å²) in [5.74, 6) is 0.0205. The van der Waals surface area contributed by atoms with Crippen LogP contribution in [0.5, 0.6) is 5.88 Å². The largest absolute Gasteiger partial charge is 0.493 e. The molecule has 0 fully saturated rings. The lowest BCUT2D eigenvalue weighted by Crippen LogP contribution is -1.91. The summed E-state index contributed by atoms with van der Waals surface area (Å²) in [6, 6.07) is 7.70. The summed E-state index contributed by atoms with van der Waals surface area (Å²) in [7, 11) is 0. The van der Waals surface area contributed by atoms with E-state index in [1.807, 2.05) is 13.0 Å². The van der Waals surface area contributed by atoms with Crippen LogP contribution in [0.1, 0.15) is 17.4 Å². The predicted molar refractivity (Wildman–Crippen MR) is 87.1 cm³/mol. The third-order valence-electron chi connectivity index (χ3n) is 2.99. The first kappa shape index (κ1) is 15.9. The van der Waals surface area contributed by atoms with Gasteiger partial charge in [0.2, 0.25) is 5.88 Å². The average molecular weight is 333 g/mol. The number of aromatic hydroxyl groups is 1. The molecule has 6 nitrogen and oxygen atoms in total. The maximum Gasteiger partial charge on any atom is 0.269 e. The van der Waals surface area contributed by atoms with E-state index in [1.54, 1.807) is 4.57 Å². The second kappa shape index (κ2) is 6.51. The molecule has 0 amide bonds. The number of benzene rings is 1. The molecule has 1 N–H and O–H groups in total. The van der Waals surface area contributed by atoms with Crippen molar-refractivity contribution < 1.29 is 10.0 Å². The highest BCUT2D eigenvalue weighted by atomic mass is 32.1. The van der Waals surface area contributed by atoms with E-state index in [0.717, 1.165) is 0 Å². The Morgan fingerprint density at radius 1 is 1.55 bits per heavy atom. The molecule has 22 heavy (non-hydrogen) atoms. The molecule has 2 aromatic rings. The number of nitro groups is 1. The van der Waals surface area contributed by atoms with Gasteiger partial charge in [0, 0.05) is 18.7 Å². The Hall–Kier alpha value is -2.50. The minimum Gasteiger partial charge on any atom is -0.493 e. The van der Waals surface area contributed by atoms with Crippen molar-refractivity contribution in [2.45, 2.75) is 13.5 Å². The van der Waals surface area contributed by atoms with Gasteiger partial charge in [0.25, 0.3) is 5.69 Å². The van der Waals surface area contributed by atoms with Crippen LogP contribution in [0.3, 0.4) is 0 Å². The monoisotopic (exact) mass is 333 g/mol. The molecule has 0 spiro atoms. The number of thiazole rings is 1. The summed E-state index contributed by atoms with van der Waals surface area (Å²) >= 11 is 6.35. The van der Waals surface area contributed by atoms with Crippen molar-refractivity contribution in [1.29, 1.82) is 5.26 Å². The number of nitrogens with zero attached hydrogens (tertiary/aromatic N) is 3. The van der Waals surface area contributed by atoms with Crippen molar-refractivity contribution in [3.63, 3.8) is 0 Å². The van der Waals surface area contributed by atoms with Crippen LogP contribution in [-0.4, -0.2) is 14.6 Å². The van der Waals surface area contributed by atoms with E-state index in [4.69, 9.17) is 12.2 Å². The minimum absolute atomic E-state index is 0.0205. The van der Waals surface area contributed by atoms with E-state index >= 15 is 0 Å². The van der Waals surface area contributed by atoms with E-state index in [0.29, 0.717) is 26.5 Å². The number of aromatic nitrogens is 1. The van der Waals surface area contributed by atoms with Crippen molar-refractivity contribution >= 4 is 40.9 Å². The number of allylic oxidation sites excluding steroid dienone is 1. The van der Waals surface area contributed by atoms with Crippen molar-refractivity contribution in [3.05, 3.63) is 48.8 Å². The second-order valence-electron chi connectivity index (χ2n) is 4.27. The summed E-state index contributed by atoms with van der Waals surface area (Å²) < 4.78 is 2.09. The maximum atomic E-state index is 10.6. The number of hydrogen-bond donors (Lipinski definition) is 1. The van der Waals surface area contributed by atoms with Gasteiger partial charge in [0.1, 0.15) is 0 Å². The summed E-state index contributed by atoms with van der Waals surface area (Å²) in [6.07, 6.45) is 1.53. The molecule has 1 aromatic heterocycles. The molecular formula is C14H11N3O3S2.